The number of carbonyl (C=O) groups excluding carboxylic acids is 1. The number of fused-ring (bicyclic) bond motifs is 1. The molecule has 140 valence electrons. The predicted octanol–water partition coefficient (Wildman–Crippen LogP) is 2.82. The van der Waals surface area contributed by atoms with E-state index in [0.29, 0.717) is 22.9 Å². The van der Waals surface area contributed by atoms with Crippen LogP contribution in [0.25, 0.3) is 11.3 Å². The molecule has 3 heterocycles. The molecule has 0 spiro atoms. The average molecular weight is 367 g/mol. The van der Waals surface area contributed by atoms with Crippen LogP contribution < -0.4 is 14.8 Å². The van der Waals surface area contributed by atoms with Gasteiger partial charge in [-0.05, 0) is 45.0 Å². The molecule has 2 aromatic heterocycles. The molecule has 1 atom stereocenters. The standard InChI is InChI=1S/C19H21N5O3/c1-4-24-12(3)14(9-20-24)11(2)21-19(25)16-8-15(22-23-16)13-5-6-17-18(7-13)27-10-26-17/h5-9,11H,4,10H2,1-3H3,(H,21,25)(H,22,23). The summed E-state index contributed by atoms with van der Waals surface area (Å²) in [5.41, 5.74) is 3.97. The van der Waals surface area contributed by atoms with E-state index in [9.17, 15) is 4.79 Å². The molecule has 0 aliphatic carbocycles. The highest BCUT2D eigenvalue weighted by atomic mass is 16.7. The molecule has 8 heteroatoms. The number of nitrogens with one attached hydrogen (secondary N) is 2. The molecule has 1 aromatic carbocycles. The van der Waals surface area contributed by atoms with Gasteiger partial charge in [0, 0.05) is 23.4 Å². The van der Waals surface area contributed by atoms with E-state index >= 15 is 0 Å². The minimum atomic E-state index is -0.217. The Morgan fingerprint density at radius 1 is 1.33 bits per heavy atom. The highest BCUT2D eigenvalue weighted by Crippen LogP contribution is 2.35. The summed E-state index contributed by atoms with van der Waals surface area (Å²) < 4.78 is 12.6. The van der Waals surface area contributed by atoms with E-state index in [-0.39, 0.29) is 18.7 Å². The fraction of sp³-hybridized carbons (Fsp3) is 0.316. The zero-order chi connectivity index (χ0) is 19.0. The van der Waals surface area contributed by atoms with Gasteiger partial charge in [-0.15, -0.1) is 0 Å². The maximum Gasteiger partial charge on any atom is 0.269 e. The third-order valence-corrected chi connectivity index (χ3v) is 4.75. The summed E-state index contributed by atoms with van der Waals surface area (Å²) in [6.07, 6.45) is 1.80. The smallest absolute Gasteiger partial charge is 0.269 e. The Bertz CT molecular complexity index is 991. The second kappa shape index (κ2) is 6.79. The summed E-state index contributed by atoms with van der Waals surface area (Å²) in [4.78, 5) is 12.6. The van der Waals surface area contributed by atoms with Crippen molar-refractivity contribution in [3.63, 3.8) is 0 Å². The van der Waals surface area contributed by atoms with Gasteiger partial charge in [0.2, 0.25) is 6.79 Å². The number of benzene rings is 1. The van der Waals surface area contributed by atoms with Crippen LogP contribution >= 0.6 is 0 Å². The van der Waals surface area contributed by atoms with Crippen molar-refractivity contribution in [3.8, 4) is 22.8 Å². The van der Waals surface area contributed by atoms with Crippen molar-refractivity contribution in [2.45, 2.75) is 33.4 Å². The Morgan fingerprint density at radius 2 is 2.15 bits per heavy atom. The summed E-state index contributed by atoms with van der Waals surface area (Å²) in [5.74, 6) is 1.17. The molecule has 8 nitrogen and oxygen atoms in total. The third-order valence-electron chi connectivity index (χ3n) is 4.75. The first-order valence-electron chi connectivity index (χ1n) is 8.85. The minimum absolute atomic E-state index is 0.157. The van der Waals surface area contributed by atoms with Crippen molar-refractivity contribution < 1.29 is 14.3 Å². The molecule has 4 rings (SSSR count). The van der Waals surface area contributed by atoms with Gasteiger partial charge in [0.05, 0.1) is 17.9 Å². The molecule has 0 radical (unpaired) electrons. The van der Waals surface area contributed by atoms with Crippen LogP contribution in [0.1, 0.15) is 41.6 Å². The van der Waals surface area contributed by atoms with Crippen molar-refractivity contribution in [2.24, 2.45) is 0 Å². The molecule has 1 aliphatic heterocycles. The maximum atomic E-state index is 12.6. The monoisotopic (exact) mass is 367 g/mol. The van der Waals surface area contributed by atoms with E-state index in [1.54, 1.807) is 12.3 Å². The number of hydrogen-bond donors (Lipinski definition) is 2. The predicted molar refractivity (Wildman–Crippen MR) is 98.7 cm³/mol. The van der Waals surface area contributed by atoms with Gasteiger partial charge in [0.1, 0.15) is 5.69 Å². The lowest BCUT2D eigenvalue weighted by Crippen LogP contribution is -2.27. The molecule has 0 bridgehead atoms. The Labute approximate surface area is 156 Å². The van der Waals surface area contributed by atoms with Crippen LogP contribution in [0.15, 0.2) is 30.5 Å². The molecular formula is C19H21N5O3. The molecule has 3 aromatic rings. The zero-order valence-electron chi connectivity index (χ0n) is 15.4. The van der Waals surface area contributed by atoms with Gasteiger partial charge in [0.15, 0.2) is 11.5 Å². The minimum Gasteiger partial charge on any atom is -0.454 e. The summed E-state index contributed by atoms with van der Waals surface area (Å²) in [7, 11) is 0. The maximum absolute atomic E-state index is 12.6. The average Bonchev–Trinajstić information content (AvgIpc) is 3.40. The summed E-state index contributed by atoms with van der Waals surface area (Å²) in [6, 6.07) is 7.14. The second-order valence-electron chi connectivity index (χ2n) is 6.43. The van der Waals surface area contributed by atoms with E-state index in [4.69, 9.17) is 9.47 Å². The van der Waals surface area contributed by atoms with E-state index in [1.165, 1.54) is 0 Å². The van der Waals surface area contributed by atoms with Crippen LogP contribution in [0, 0.1) is 6.92 Å². The third kappa shape index (κ3) is 3.14. The fourth-order valence-electron chi connectivity index (χ4n) is 3.20. The van der Waals surface area contributed by atoms with Gasteiger partial charge in [-0.1, -0.05) is 0 Å². The molecule has 2 N–H and O–H groups in total. The van der Waals surface area contributed by atoms with Gasteiger partial charge in [0.25, 0.3) is 5.91 Å². The van der Waals surface area contributed by atoms with E-state index in [2.05, 4.69) is 20.6 Å². The Kier molecular flexibility index (Phi) is 4.31. The summed E-state index contributed by atoms with van der Waals surface area (Å²) in [5, 5.41) is 14.4. The molecule has 27 heavy (non-hydrogen) atoms. The molecule has 1 aliphatic rings. The SMILES string of the molecule is CCn1ncc(C(C)NC(=O)c2cc(-c3ccc4c(c3)OCO4)n[nH]2)c1C. The summed E-state index contributed by atoms with van der Waals surface area (Å²) in [6.45, 7) is 7.00. The van der Waals surface area contributed by atoms with Crippen molar-refractivity contribution in [3.05, 3.63) is 47.4 Å². The van der Waals surface area contributed by atoms with Gasteiger partial charge in [-0.2, -0.15) is 10.2 Å². The fourth-order valence-corrected chi connectivity index (χ4v) is 3.20. The highest BCUT2D eigenvalue weighted by Gasteiger charge is 2.19. The van der Waals surface area contributed by atoms with Gasteiger partial charge >= 0.3 is 0 Å². The van der Waals surface area contributed by atoms with Crippen LogP contribution in [0.3, 0.4) is 0 Å². The van der Waals surface area contributed by atoms with E-state index in [1.807, 2.05) is 43.7 Å². The number of H-pyrrole nitrogens is 1. The van der Waals surface area contributed by atoms with Gasteiger partial charge in [-0.25, -0.2) is 0 Å². The van der Waals surface area contributed by atoms with E-state index in [0.717, 1.165) is 23.4 Å². The normalized spacial score (nSPS) is 13.6. The second-order valence-corrected chi connectivity index (χ2v) is 6.43. The number of hydrogen-bond acceptors (Lipinski definition) is 5. The van der Waals surface area contributed by atoms with Crippen LogP contribution in [0.4, 0.5) is 0 Å². The Hall–Kier alpha value is -3.29. The summed E-state index contributed by atoms with van der Waals surface area (Å²) >= 11 is 0. The molecule has 0 saturated carbocycles. The zero-order valence-corrected chi connectivity index (χ0v) is 15.4. The van der Waals surface area contributed by atoms with Crippen molar-refractivity contribution >= 4 is 5.91 Å². The number of rotatable bonds is 5. The lowest BCUT2D eigenvalue weighted by atomic mass is 10.1. The van der Waals surface area contributed by atoms with Gasteiger partial charge < -0.3 is 14.8 Å². The van der Waals surface area contributed by atoms with Crippen LogP contribution in [-0.4, -0.2) is 32.7 Å². The topological polar surface area (TPSA) is 94.1 Å². The Morgan fingerprint density at radius 3 is 2.93 bits per heavy atom. The molecule has 0 fully saturated rings. The van der Waals surface area contributed by atoms with Crippen LogP contribution in [-0.2, 0) is 6.54 Å². The first kappa shape index (κ1) is 17.1. The van der Waals surface area contributed by atoms with E-state index < -0.39 is 0 Å². The number of ether oxygens (including phenoxy) is 2. The lowest BCUT2D eigenvalue weighted by molar-refractivity contribution is 0.0934. The first-order chi connectivity index (χ1) is 13.1. The first-order valence-corrected chi connectivity index (χ1v) is 8.85. The molecule has 1 unspecified atom stereocenters. The lowest BCUT2D eigenvalue weighted by Gasteiger charge is -2.13. The van der Waals surface area contributed by atoms with Crippen LogP contribution in [0.2, 0.25) is 0 Å². The number of amides is 1. The number of carbonyl (C=O) groups is 1. The largest absolute Gasteiger partial charge is 0.454 e. The van der Waals surface area contributed by atoms with Gasteiger partial charge in [-0.3, -0.25) is 14.6 Å². The Balaban J connectivity index is 1.49. The quantitative estimate of drug-likeness (QED) is 0.723. The number of nitrogens with zero attached hydrogens (tertiary/aromatic N) is 3. The number of aromatic nitrogens is 4. The van der Waals surface area contributed by atoms with Crippen molar-refractivity contribution in [1.82, 2.24) is 25.3 Å². The van der Waals surface area contributed by atoms with Crippen molar-refractivity contribution in [1.29, 1.82) is 0 Å². The molecular weight excluding hydrogens is 346 g/mol. The van der Waals surface area contributed by atoms with Crippen LogP contribution in [0.5, 0.6) is 11.5 Å². The highest BCUT2D eigenvalue weighted by molar-refractivity contribution is 5.93. The van der Waals surface area contributed by atoms with Crippen molar-refractivity contribution in [2.75, 3.05) is 6.79 Å². The number of aromatic amines is 1. The number of aryl methyl sites for hydroxylation is 1. The molecule has 1 amide bonds. The molecule has 0 saturated heterocycles.